The Kier molecular flexibility index (Phi) is 12.7. The molecule has 0 atom stereocenters. The third-order valence-electron chi connectivity index (χ3n) is 0.569. The van der Waals surface area contributed by atoms with E-state index in [0.717, 1.165) is 13.0 Å². The number of nitrogens with two attached hydrogens (primary N) is 3. The van der Waals surface area contributed by atoms with Crippen LogP contribution in [-0.4, -0.2) is 12.6 Å². The minimum atomic E-state index is -0.833. The van der Waals surface area contributed by atoms with E-state index >= 15 is 0 Å². The van der Waals surface area contributed by atoms with E-state index in [4.69, 9.17) is 10.5 Å². The van der Waals surface area contributed by atoms with E-state index in [2.05, 4.69) is 17.5 Å². The topological polar surface area (TPSA) is 95.1 Å². The second-order valence-corrected chi connectivity index (χ2v) is 1.55. The summed E-state index contributed by atoms with van der Waals surface area (Å²) in [6, 6.07) is -0.833. The summed E-state index contributed by atoms with van der Waals surface area (Å²) in [5.74, 6) is 0. The largest absolute Gasteiger partial charge is 0.352 e. The van der Waals surface area contributed by atoms with Crippen molar-refractivity contribution in [1.82, 2.24) is 0 Å². The van der Waals surface area contributed by atoms with Gasteiger partial charge in [0.2, 0.25) is 0 Å². The SMILES string of the molecule is CC=CCCN.NC(N)=O. The number of urea groups is 1. The van der Waals surface area contributed by atoms with Gasteiger partial charge in [0, 0.05) is 0 Å². The van der Waals surface area contributed by atoms with Crippen LogP contribution in [-0.2, 0) is 0 Å². The Morgan fingerprint density at radius 1 is 1.50 bits per heavy atom. The van der Waals surface area contributed by atoms with Crippen LogP contribution in [0.3, 0.4) is 0 Å². The molecule has 4 nitrogen and oxygen atoms in total. The highest BCUT2D eigenvalue weighted by Gasteiger charge is 1.64. The summed E-state index contributed by atoms with van der Waals surface area (Å²) in [7, 11) is 0. The predicted molar refractivity (Wildman–Crippen MR) is 42.3 cm³/mol. The first-order valence-electron chi connectivity index (χ1n) is 3.01. The Hall–Kier alpha value is -1.03. The fourth-order valence-electron chi connectivity index (χ4n) is 0.263. The molecule has 0 aromatic carbocycles. The summed E-state index contributed by atoms with van der Waals surface area (Å²) in [6.45, 7) is 2.76. The first-order valence-corrected chi connectivity index (χ1v) is 3.01. The molecule has 0 aromatic rings. The number of primary amides is 2. The van der Waals surface area contributed by atoms with Crippen molar-refractivity contribution in [2.24, 2.45) is 17.2 Å². The molecule has 0 unspecified atom stereocenters. The summed E-state index contributed by atoms with van der Waals surface area (Å²) in [5, 5.41) is 0. The molecule has 60 valence electrons. The minimum absolute atomic E-state index is 0.768. The third kappa shape index (κ3) is 64.0. The first kappa shape index (κ1) is 11.7. The molecule has 0 aliphatic heterocycles. The van der Waals surface area contributed by atoms with Crippen LogP contribution in [0.15, 0.2) is 12.2 Å². The lowest BCUT2D eigenvalue weighted by Crippen LogP contribution is -2.18. The van der Waals surface area contributed by atoms with Gasteiger partial charge < -0.3 is 17.2 Å². The number of carbonyl (C=O) groups excluding carboxylic acids is 1. The van der Waals surface area contributed by atoms with Gasteiger partial charge in [0.1, 0.15) is 0 Å². The van der Waals surface area contributed by atoms with E-state index in [-0.39, 0.29) is 0 Å². The van der Waals surface area contributed by atoms with E-state index in [1.165, 1.54) is 0 Å². The monoisotopic (exact) mass is 145 g/mol. The van der Waals surface area contributed by atoms with Crippen molar-refractivity contribution < 1.29 is 4.79 Å². The highest BCUT2D eigenvalue weighted by molar-refractivity contribution is 5.69. The van der Waals surface area contributed by atoms with Crippen molar-refractivity contribution in [2.45, 2.75) is 13.3 Å². The average Bonchev–Trinajstić information content (AvgIpc) is 1.82. The molecule has 0 aromatic heterocycles. The van der Waals surface area contributed by atoms with Gasteiger partial charge in [-0.25, -0.2) is 4.79 Å². The molecule has 2 amide bonds. The van der Waals surface area contributed by atoms with E-state index in [1.807, 2.05) is 13.0 Å². The Balaban J connectivity index is 0. The second kappa shape index (κ2) is 10.9. The van der Waals surface area contributed by atoms with Gasteiger partial charge in [0.25, 0.3) is 0 Å². The van der Waals surface area contributed by atoms with Gasteiger partial charge in [-0.15, -0.1) is 0 Å². The zero-order chi connectivity index (χ0) is 8.41. The van der Waals surface area contributed by atoms with E-state index in [0.29, 0.717) is 0 Å². The summed E-state index contributed by atoms with van der Waals surface area (Å²) in [5.41, 5.74) is 13.7. The van der Waals surface area contributed by atoms with Crippen LogP contribution >= 0.6 is 0 Å². The van der Waals surface area contributed by atoms with Crippen molar-refractivity contribution in [3.63, 3.8) is 0 Å². The Bertz CT molecular complexity index is 97.2. The lowest BCUT2D eigenvalue weighted by Gasteiger charge is -1.77. The molecule has 0 radical (unpaired) electrons. The van der Waals surface area contributed by atoms with E-state index < -0.39 is 6.03 Å². The van der Waals surface area contributed by atoms with Gasteiger partial charge in [-0.05, 0) is 19.9 Å². The lowest BCUT2D eigenvalue weighted by atomic mass is 10.4. The van der Waals surface area contributed by atoms with E-state index in [1.54, 1.807) is 0 Å². The Morgan fingerprint density at radius 2 is 1.90 bits per heavy atom. The fraction of sp³-hybridized carbons (Fsp3) is 0.500. The molecule has 0 bridgehead atoms. The first-order chi connectivity index (χ1) is 4.65. The molecule has 0 aliphatic rings. The van der Waals surface area contributed by atoms with Gasteiger partial charge in [0.15, 0.2) is 0 Å². The molecule has 0 heterocycles. The zero-order valence-corrected chi connectivity index (χ0v) is 6.21. The van der Waals surface area contributed by atoms with Gasteiger partial charge in [-0.1, -0.05) is 12.2 Å². The Labute approximate surface area is 61.1 Å². The molecule has 0 saturated carbocycles. The van der Waals surface area contributed by atoms with Crippen molar-refractivity contribution in [3.05, 3.63) is 12.2 Å². The standard InChI is InChI=1S/C5H11N.CH4N2O/c1-2-3-4-5-6;2-1(3)4/h2-3H,4-6H2,1H3;(H4,2,3,4). The molecular weight excluding hydrogens is 130 g/mol. The molecule has 0 rings (SSSR count). The summed E-state index contributed by atoms with van der Waals surface area (Å²) in [4.78, 5) is 9.00. The maximum atomic E-state index is 9.00. The van der Waals surface area contributed by atoms with Crippen LogP contribution < -0.4 is 17.2 Å². The van der Waals surface area contributed by atoms with Crippen molar-refractivity contribution in [2.75, 3.05) is 6.54 Å². The smallest absolute Gasteiger partial charge is 0.309 e. The second-order valence-electron chi connectivity index (χ2n) is 1.55. The van der Waals surface area contributed by atoms with Crippen molar-refractivity contribution in [3.8, 4) is 0 Å². The lowest BCUT2D eigenvalue weighted by molar-refractivity contribution is 0.256. The third-order valence-corrected chi connectivity index (χ3v) is 0.569. The van der Waals surface area contributed by atoms with Crippen molar-refractivity contribution >= 4 is 6.03 Å². The van der Waals surface area contributed by atoms with Crippen LogP contribution in [0, 0.1) is 0 Å². The highest BCUT2D eigenvalue weighted by Crippen LogP contribution is 1.73. The maximum Gasteiger partial charge on any atom is 0.309 e. The molecule has 6 N–H and O–H groups in total. The van der Waals surface area contributed by atoms with Gasteiger partial charge in [-0.2, -0.15) is 0 Å². The Morgan fingerprint density at radius 3 is 2.00 bits per heavy atom. The van der Waals surface area contributed by atoms with Crippen LogP contribution in [0.4, 0.5) is 4.79 Å². The highest BCUT2D eigenvalue weighted by atomic mass is 16.2. The molecule has 10 heavy (non-hydrogen) atoms. The number of rotatable bonds is 2. The summed E-state index contributed by atoms with van der Waals surface area (Å²) < 4.78 is 0. The normalized spacial score (nSPS) is 8.60. The molecule has 4 heteroatoms. The quantitative estimate of drug-likeness (QED) is 0.474. The molecule has 0 spiro atoms. The van der Waals surface area contributed by atoms with Crippen LogP contribution in [0.1, 0.15) is 13.3 Å². The molecular formula is C6H15N3O. The number of amides is 2. The number of hydrogen-bond acceptors (Lipinski definition) is 2. The summed E-state index contributed by atoms with van der Waals surface area (Å²) in [6.07, 6.45) is 5.07. The fourth-order valence-corrected chi connectivity index (χ4v) is 0.263. The maximum absolute atomic E-state index is 9.00. The minimum Gasteiger partial charge on any atom is -0.352 e. The van der Waals surface area contributed by atoms with Crippen LogP contribution in [0.5, 0.6) is 0 Å². The number of carbonyl (C=O) groups is 1. The number of allylic oxidation sites excluding steroid dienone is 1. The van der Waals surface area contributed by atoms with Crippen LogP contribution in [0.2, 0.25) is 0 Å². The van der Waals surface area contributed by atoms with Gasteiger partial charge in [0.05, 0.1) is 0 Å². The average molecular weight is 145 g/mol. The molecule has 0 saturated heterocycles. The molecule has 0 fully saturated rings. The van der Waals surface area contributed by atoms with Crippen molar-refractivity contribution in [1.29, 1.82) is 0 Å². The van der Waals surface area contributed by atoms with E-state index in [9.17, 15) is 0 Å². The summed E-state index contributed by atoms with van der Waals surface area (Å²) >= 11 is 0. The number of hydrogen-bond donors (Lipinski definition) is 3. The van der Waals surface area contributed by atoms with Gasteiger partial charge in [-0.3, -0.25) is 0 Å². The van der Waals surface area contributed by atoms with Gasteiger partial charge >= 0.3 is 6.03 Å². The zero-order valence-electron chi connectivity index (χ0n) is 6.21. The predicted octanol–water partition coefficient (Wildman–Crippen LogP) is -0.0649. The van der Waals surface area contributed by atoms with Crippen LogP contribution in [0.25, 0.3) is 0 Å². The molecule has 0 aliphatic carbocycles.